The third-order valence-electron chi connectivity index (χ3n) is 2.66. The van der Waals surface area contributed by atoms with Crippen molar-refractivity contribution < 1.29 is 14.3 Å². The summed E-state index contributed by atoms with van der Waals surface area (Å²) in [5, 5.41) is 3.89. The van der Waals surface area contributed by atoms with Gasteiger partial charge in [-0.15, -0.1) is 0 Å². The van der Waals surface area contributed by atoms with Crippen molar-refractivity contribution in [1.29, 1.82) is 0 Å². The summed E-state index contributed by atoms with van der Waals surface area (Å²) in [6.45, 7) is 0.153. The number of ether oxygens (including phenoxy) is 2. The first-order chi connectivity index (χ1) is 9.11. The van der Waals surface area contributed by atoms with Gasteiger partial charge in [0.05, 0.1) is 19.0 Å². The standard InChI is InChI=1S/C13H15N3O3/c1-16-12(11(14)7-15-16)13(17)19-8-9-4-3-5-10(6-9)18-2/h3-7H,8,14H2,1-2H3. The monoisotopic (exact) mass is 261 g/mol. The van der Waals surface area contributed by atoms with Crippen LogP contribution < -0.4 is 10.5 Å². The summed E-state index contributed by atoms with van der Waals surface area (Å²) in [4.78, 5) is 11.9. The minimum atomic E-state index is -0.500. The second kappa shape index (κ2) is 5.43. The molecule has 0 saturated heterocycles. The quantitative estimate of drug-likeness (QED) is 0.841. The molecule has 0 spiro atoms. The van der Waals surface area contributed by atoms with Crippen LogP contribution in [0.1, 0.15) is 16.1 Å². The Hall–Kier alpha value is -2.50. The lowest BCUT2D eigenvalue weighted by atomic mass is 10.2. The second-order valence-electron chi connectivity index (χ2n) is 4.00. The minimum Gasteiger partial charge on any atom is -0.497 e. The fraction of sp³-hybridized carbons (Fsp3) is 0.231. The summed E-state index contributed by atoms with van der Waals surface area (Å²) in [7, 11) is 3.22. The number of benzene rings is 1. The average Bonchev–Trinajstić information content (AvgIpc) is 2.76. The zero-order valence-electron chi connectivity index (χ0n) is 10.8. The number of nitrogens with two attached hydrogens (primary N) is 1. The number of nitrogen functional groups attached to an aromatic ring is 1. The van der Waals surface area contributed by atoms with E-state index in [1.807, 2.05) is 18.2 Å². The Kier molecular flexibility index (Phi) is 3.70. The molecule has 0 unspecified atom stereocenters. The van der Waals surface area contributed by atoms with E-state index in [2.05, 4.69) is 5.10 Å². The van der Waals surface area contributed by atoms with E-state index in [-0.39, 0.29) is 12.3 Å². The summed E-state index contributed by atoms with van der Waals surface area (Å²) in [5.41, 5.74) is 7.05. The zero-order valence-corrected chi connectivity index (χ0v) is 10.8. The molecule has 19 heavy (non-hydrogen) atoms. The van der Waals surface area contributed by atoms with Gasteiger partial charge in [0.2, 0.25) is 0 Å². The van der Waals surface area contributed by atoms with Crippen molar-refractivity contribution in [2.45, 2.75) is 6.61 Å². The molecular formula is C13H15N3O3. The highest BCUT2D eigenvalue weighted by atomic mass is 16.5. The van der Waals surface area contributed by atoms with Crippen molar-refractivity contribution in [2.24, 2.45) is 7.05 Å². The van der Waals surface area contributed by atoms with Crippen LogP contribution in [0.4, 0.5) is 5.69 Å². The van der Waals surface area contributed by atoms with E-state index in [0.717, 1.165) is 5.56 Å². The van der Waals surface area contributed by atoms with E-state index in [0.29, 0.717) is 11.4 Å². The molecule has 1 aromatic carbocycles. The molecule has 6 nitrogen and oxygen atoms in total. The molecule has 0 saturated carbocycles. The maximum atomic E-state index is 11.9. The number of aryl methyl sites for hydroxylation is 1. The molecule has 1 heterocycles. The Balaban J connectivity index is 2.04. The van der Waals surface area contributed by atoms with Gasteiger partial charge in [0.25, 0.3) is 0 Å². The number of aromatic nitrogens is 2. The number of carbonyl (C=O) groups is 1. The lowest BCUT2D eigenvalue weighted by Gasteiger charge is -2.07. The number of hydrogen-bond acceptors (Lipinski definition) is 5. The zero-order chi connectivity index (χ0) is 13.8. The maximum absolute atomic E-state index is 11.9. The van der Waals surface area contributed by atoms with Gasteiger partial charge < -0.3 is 15.2 Å². The molecular weight excluding hydrogens is 246 g/mol. The summed E-state index contributed by atoms with van der Waals surface area (Å²) in [6, 6.07) is 7.31. The van der Waals surface area contributed by atoms with Gasteiger partial charge in [-0.1, -0.05) is 12.1 Å². The van der Waals surface area contributed by atoms with Crippen molar-refractivity contribution in [3.8, 4) is 5.75 Å². The predicted molar refractivity (Wildman–Crippen MR) is 69.7 cm³/mol. The fourth-order valence-electron chi connectivity index (χ4n) is 1.68. The molecule has 2 aromatic rings. The van der Waals surface area contributed by atoms with E-state index >= 15 is 0 Å². The van der Waals surface area contributed by atoms with E-state index in [1.165, 1.54) is 10.9 Å². The van der Waals surface area contributed by atoms with Crippen LogP contribution in [0.5, 0.6) is 5.75 Å². The molecule has 0 aliphatic carbocycles. The molecule has 0 atom stereocenters. The van der Waals surface area contributed by atoms with Crippen LogP contribution in [-0.2, 0) is 18.4 Å². The van der Waals surface area contributed by atoms with E-state index in [9.17, 15) is 4.79 Å². The fourth-order valence-corrected chi connectivity index (χ4v) is 1.68. The largest absolute Gasteiger partial charge is 0.497 e. The molecule has 0 amide bonds. The first kappa shape index (κ1) is 12.9. The molecule has 100 valence electrons. The van der Waals surface area contributed by atoms with Crippen molar-refractivity contribution in [3.05, 3.63) is 41.7 Å². The number of esters is 1. The lowest BCUT2D eigenvalue weighted by Crippen LogP contribution is -2.12. The molecule has 0 aliphatic heterocycles. The van der Waals surface area contributed by atoms with Crippen LogP contribution in [-0.4, -0.2) is 22.9 Å². The third-order valence-corrected chi connectivity index (χ3v) is 2.66. The topological polar surface area (TPSA) is 79.4 Å². The molecule has 0 fully saturated rings. The van der Waals surface area contributed by atoms with Crippen LogP contribution in [0.2, 0.25) is 0 Å². The number of hydrogen-bond donors (Lipinski definition) is 1. The van der Waals surface area contributed by atoms with Crippen molar-refractivity contribution in [3.63, 3.8) is 0 Å². The van der Waals surface area contributed by atoms with Gasteiger partial charge in [-0.3, -0.25) is 4.68 Å². The summed E-state index contributed by atoms with van der Waals surface area (Å²) >= 11 is 0. The highest BCUT2D eigenvalue weighted by Crippen LogP contribution is 2.15. The molecule has 0 aliphatic rings. The van der Waals surface area contributed by atoms with Crippen LogP contribution in [0, 0.1) is 0 Å². The Morgan fingerprint density at radius 3 is 2.89 bits per heavy atom. The molecule has 2 N–H and O–H groups in total. The first-order valence-corrected chi connectivity index (χ1v) is 5.69. The van der Waals surface area contributed by atoms with Gasteiger partial charge >= 0.3 is 5.97 Å². The number of rotatable bonds is 4. The van der Waals surface area contributed by atoms with E-state index in [1.54, 1.807) is 20.2 Å². The third kappa shape index (κ3) is 2.85. The Morgan fingerprint density at radius 2 is 2.26 bits per heavy atom. The van der Waals surface area contributed by atoms with Crippen LogP contribution in [0.25, 0.3) is 0 Å². The van der Waals surface area contributed by atoms with Crippen molar-refractivity contribution in [1.82, 2.24) is 9.78 Å². The van der Waals surface area contributed by atoms with Crippen LogP contribution in [0.3, 0.4) is 0 Å². The molecule has 6 heteroatoms. The van der Waals surface area contributed by atoms with Crippen molar-refractivity contribution >= 4 is 11.7 Å². The Bertz CT molecular complexity index is 573. The number of carbonyl (C=O) groups excluding carboxylic acids is 1. The Labute approximate surface area is 110 Å². The normalized spacial score (nSPS) is 10.2. The molecule has 0 bridgehead atoms. The van der Waals surface area contributed by atoms with Gasteiger partial charge in [-0.05, 0) is 17.7 Å². The van der Waals surface area contributed by atoms with Crippen LogP contribution >= 0.6 is 0 Å². The van der Waals surface area contributed by atoms with Crippen molar-refractivity contribution in [2.75, 3.05) is 12.8 Å². The van der Waals surface area contributed by atoms with Gasteiger partial charge in [0, 0.05) is 7.05 Å². The van der Waals surface area contributed by atoms with E-state index < -0.39 is 5.97 Å². The lowest BCUT2D eigenvalue weighted by molar-refractivity contribution is 0.0461. The summed E-state index contributed by atoms with van der Waals surface area (Å²) in [6.07, 6.45) is 1.42. The predicted octanol–water partition coefficient (Wildman–Crippen LogP) is 1.37. The summed E-state index contributed by atoms with van der Waals surface area (Å²) < 4.78 is 11.7. The average molecular weight is 261 g/mol. The highest BCUT2D eigenvalue weighted by molar-refractivity contribution is 5.92. The SMILES string of the molecule is COc1cccc(COC(=O)c2c(N)cnn2C)c1. The number of nitrogens with zero attached hydrogens (tertiary/aromatic N) is 2. The molecule has 0 radical (unpaired) electrons. The Morgan fingerprint density at radius 1 is 1.47 bits per heavy atom. The maximum Gasteiger partial charge on any atom is 0.359 e. The van der Waals surface area contributed by atoms with Gasteiger partial charge in [-0.25, -0.2) is 4.79 Å². The second-order valence-corrected chi connectivity index (χ2v) is 4.00. The van der Waals surface area contributed by atoms with Gasteiger partial charge in [0.15, 0.2) is 5.69 Å². The van der Waals surface area contributed by atoms with Gasteiger partial charge in [-0.2, -0.15) is 5.10 Å². The summed E-state index contributed by atoms with van der Waals surface area (Å²) in [5.74, 6) is 0.217. The molecule has 2 rings (SSSR count). The number of anilines is 1. The highest BCUT2D eigenvalue weighted by Gasteiger charge is 2.16. The smallest absolute Gasteiger partial charge is 0.359 e. The van der Waals surface area contributed by atoms with Gasteiger partial charge in [0.1, 0.15) is 12.4 Å². The minimum absolute atomic E-state index is 0.153. The molecule has 1 aromatic heterocycles. The first-order valence-electron chi connectivity index (χ1n) is 5.69. The van der Waals surface area contributed by atoms with E-state index in [4.69, 9.17) is 15.2 Å². The van der Waals surface area contributed by atoms with Crippen LogP contribution in [0.15, 0.2) is 30.5 Å². The number of methoxy groups -OCH3 is 1.